The van der Waals surface area contributed by atoms with Gasteiger partial charge in [0.15, 0.2) is 5.60 Å². The van der Waals surface area contributed by atoms with E-state index in [1.165, 1.54) is 0 Å². The van der Waals surface area contributed by atoms with Crippen LogP contribution in [0, 0.1) is 5.92 Å². The normalized spacial score (nSPS) is 21.1. The first-order valence-electron chi connectivity index (χ1n) is 17.2. The fraction of sp³-hybridized carbons (Fsp3) is 0.325. The molecule has 3 amide bonds. The first kappa shape index (κ1) is 36.0. The molecule has 1 saturated heterocycles. The van der Waals surface area contributed by atoms with Gasteiger partial charge >= 0.3 is 0 Å². The molecule has 0 saturated carbocycles. The maximum Gasteiger partial charge on any atom is 0.264 e. The van der Waals surface area contributed by atoms with E-state index < -0.39 is 31.6 Å². The molecule has 0 bridgehead atoms. The summed E-state index contributed by atoms with van der Waals surface area (Å²) >= 11 is 0. The minimum absolute atomic E-state index is 0.115. The minimum atomic E-state index is -3.54. The summed E-state index contributed by atoms with van der Waals surface area (Å²) in [7, 11) is -1.99. The fourth-order valence-corrected chi connectivity index (χ4v) is 10.3. The second kappa shape index (κ2) is 14.8. The van der Waals surface area contributed by atoms with Crippen LogP contribution in [0.2, 0.25) is 18.6 Å². The molecule has 0 radical (unpaired) electrons. The fourth-order valence-electron chi connectivity index (χ4n) is 7.83. The van der Waals surface area contributed by atoms with Gasteiger partial charge in [-0.1, -0.05) is 67.6 Å². The number of fused-ring (bicyclic) bond motifs is 2. The van der Waals surface area contributed by atoms with Gasteiger partial charge in [0.05, 0.1) is 38.5 Å². The number of anilines is 3. The van der Waals surface area contributed by atoms with Crippen molar-refractivity contribution in [1.82, 2.24) is 4.90 Å². The van der Waals surface area contributed by atoms with Gasteiger partial charge in [0, 0.05) is 41.5 Å². The Morgan fingerprint density at radius 2 is 1.63 bits per heavy atom. The molecule has 4 atom stereocenters. The van der Waals surface area contributed by atoms with Gasteiger partial charge in [-0.3, -0.25) is 19.3 Å². The lowest BCUT2D eigenvalue weighted by Gasteiger charge is -2.31. The van der Waals surface area contributed by atoms with E-state index in [0.717, 1.165) is 23.2 Å². The maximum atomic E-state index is 16.4. The van der Waals surface area contributed by atoms with Crippen molar-refractivity contribution in [2.24, 2.45) is 5.92 Å². The van der Waals surface area contributed by atoms with Gasteiger partial charge in [0.1, 0.15) is 5.75 Å². The number of ether oxygens (including phenoxy) is 2. The molecule has 266 valence electrons. The molecule has 0 aliphatic carbocycles. The maximum absolute atomic E-state index is 16.4. The number of halogens is 1. The highest BCUT2D eigenvalue weighted by Crippen LogP contribution is 2.60. The molecule has 4 aromatic carbocycles. The molecule has 4 aromatic rings. The number of benzene rings is 4. The van der Waals surface area contributed by atoms with Crippen LogP contribution in [0.15, 0.2) is 103 Å². The summed E-state index contributed by atoms with van der Waals surface area (Å²) < 4.78 is 28.8. The number of amides is 3. The lowest BCUT2D eigenvalue weighted by molar-refractivity contribution is -0.150. The summed E-state index contributed by atoms with van der Waals surface area (Å²) in [4.78, 5) is 45.5. The average Bonchev–Trinajstić information content (AvgIpc) is 3.55. The van der Waals surface area contributed by atoms with Gasteiger partial charge in [0.25, 0.3) is 5.91 Å². The summed E-state index contributed by atoms with van der Waals surface area (Å²) in [5.41, 5.74) is 2.13. The Kier molecular flexibility index (Phi) is 10.4. The van der Waals surface area contributed by atoms with Crippen molar-refractivity contribution >= 4 is 43.7 Å². The number of aliphatic hydroxyl groups excluding tert-OH is 1. The third-order valence-electron chi connectivity index (χ3n) is 10.2. The van der Waals surface area contributed by atoms with E-state index in [2.05, 4.69) is 0 Å². The molecule has 0 aromatic heterocycles. The van der Waals surface area contributed by atoms with Crippen molar-refractivity contribution in [3.63, 3.8) is 0 Å². The third-order valence-corrected chi connectivity index (χ3v) is 12.6. The van der Waals surface area contributed by atoms with Gasteiger partial charge < -0.3 is 28.5 Å². The van der Waals surface area contributed by atoms with Gasteiger partial charge in [-0.2, -0.15) is 0 Å². The van der Waals surface area contributed by atoms with Crippen LogP contribution in [-0.4, -0.2) is 63.0 Å². The van der Waals surface area contributed by atoms with Crippen molar-refractivity contribution in [3.05, 3.63) is 120 Å². The molecule has 11 heteroatoms. The molecule has 1 fully saturated rings. The molecule has 1 spiro atoms. The van der Waals surface area contributed by atoms with E-state index in [-0.39, 0.29) is 44.5 Å². The van der Waals surface area contributed by atoms with E-state index in [1.54, 1.807) is 47.0 Å². The zero-order valence-corrected chi connectivity index (χ0v) is 30.4. The molecule has 51 heavy (non-hydrogen) atoms. The zero-order valence-electron chi connectivity index (χ0n) is 29.4. The van der Waals surface area contributed by atoms with Crippen LogP contribution < -0.4 is 14.5 Å². The van der Waals surface area contributed by atoms with E-state index in [4.69, 9.17) is 9.47 Å². The second-order valence-electron chi connectivity index (χ2n) is 13.8. The molecular formula is C40H44FN3O6Si. The molecule has 2 aliphatic heterocycles. The van der Waals surface area contributed by atoms with Gasteiger partial charge in [-0.25, -0.2) is 0 Å². The predicted molar refractivity (Wildman–Crippen MR) is 197 cm³/mol. The van der Waals surface area contributed by atoms with Crippen LogP contribution in [-0.2, 0) is 37.8 Å². The largest absolute Gasteiger partial charge is 0.497 e. The quantitative estimate of drug-likeness (QED) is 0.0941. The number of hydrogen-bond donors (Lipinski definition) is 1. The Morgan fingerprint density at radius 1 is 0.980 bits per heavy atom. The monoisotopic (exact) mass is 709 g/mol. The molecule has 6 rings (SSSR count). The summed E-state index contributed by atoms with van der Waals surface area (Å²) in [5, 5.41) is 9.81. The lowest BCUT2D eigenvalue weighted by atomic mass is 9.82. The molecule has 0 unspecified atom stereocenters. The summed E-state index contributed by atoms with van der Waals surface area (Å²) in [6.45, 7) is 5.45. The summed E-state index contributed by atoms with van der Waals surface area (Å²) in [6, 6.07) is 31.6. The van der Waals surface area contributed by atoms with Crippen molar-refractivity contribution in [3.8, 4) is 5.75 Å². The van der Waals surface area contributed by atoms with E-state index in [1.807, 2.05) is 97.9 Å². The topological polar surface area (TPSA) is 99.6 Å². The van der Waals surface area contributed by atoms with E-state index >= 15 is 4.11 Å². The van der Waals surface area contributed by atoms with E-state index in [0.29, 0.717) is 22.7 Å². The van der Waals surface area contributed by atoms with Gasteiger partial charge in [-0.15, -0.1) is 0 Å². The smallest absolute Gasteiger partial charge is 0.264 e. The van der Waals surface area contributed by atoms with Crippen molar-refractivity contribution in [1.29, 1.82) is 0 Å². The Labute approximate surface area is 299 Å². The molecule has 1 N–H and O–H groups in total. The zero-order chi connectivity index (χ0) is 36.3. The van der Waals surface area contributed by atoms with Crippen LogP contribution in [0.4, 0.5) is 21.2 Å². The predicted octanol–water partition coefficient (Wildman–Crippen LogP) is 6.72. The average molecular weight is 710 g/mol. The van der Waals surface area contributed by atoms with Crippen LogP contribution in [0.1, 0.15) is 30.0 Å². The van der Waals surface area contributed by atoms with Crippen molar-refractivity contribution in [2.45, 2.75) is 56.8 Å². The molecule has 9 nitrogen and oxygen atoms in total. The molecule has 2 aliphatic rings. The lowest BCUT2D eigenvalue weighted by Crippen LogP contribution is -2.45. The summed E-state index contributed by atoms with van der Waals surface area (Å²) in [6.07, 6.45) is -0.240. The molecule has 2 heterocycles. The second-order valence-corrected chi connectivity index (χ2v) is 17.5. The number of carbonyl (C=O) groups excluding carboxylic acids is 3. The van der Waals surface area contributed by atoms with Crippen LogP contribution >= 0.6 is 0 Å². The minimum Gasteiger partial charge on any atom is -0.497 e. The Morgan fingerprint density at radius 3 is 2.24 bits per heavy atom. The van der Waals surface area contributed by atoms with Crippen molar-refractivity contribution in [2.75, 3.05) is 30.1 Å². The van der Waals surface area contributed by atoms with Crippen LogP contribution in [0.25, 0.3) is 0 Å². The number of methoxy groups -OCH3 is 1. The highest BCUT2D eigenvalue weighted by molar-refractivity contribution is 6.72. The van der Waals surface area contributed by atoms with E-state index in [9.17, 15) is 19.5 Å². The highest BCUT2D eigenvalue weighted by atomic mass is 28.4. The van der Waals surface area contributed by atoms with Gasteiger partial charge in [0.2, 0.25) is 20.7 Å². The number of nitrogens with zero attached hydrogens (tertiary/aromatic N) is 3. The number of rotatable bonds is 13. The summed E-state index contributed by atoms with van der Waals surface area (Å²) in [5.74, 6) is -0.669. The third kappa shape index (κ3) is 6.93. The number of carbonyl (C=O) groups is 3. The standard InChI is InChI=1S/C40H44FN3O6Si/c1-28-38(51(3,4)41)36(24-37(47)42(21-22-45)25-29-11-7-5-8-12-29)50-40(28)34-23-33(49-2)19-20-35(34)43(39(40)48)26-30-15-17-32(18-16-30)44(27-46)31-13-9-6-10-14-31/h5-20,23,27-28,36,38,45H,21-22,24-26H2,1-4H3/t28-,36+,38-,40+/m0/s1. The molecular weight excluding hydrogens is 666 g/mol. The van der Waals surface area contributed by atoms with Crippen LogP contribution in [0.5, 0.6) is 5.75 Å². The Balaban J connectivity index is 1.32. The Bertz CT molecular complexity index is 1860. The number of hydrogen-bond acceptors (Lipinski definition) is 6. The number of para-hydroxylation sites is 1. The Hall–Kier alpha value is -4.84. The van der Waals surface area contributed by atoms with Crippen molar-refractivity contribution < 1.29 is 33.1 Å². The van der Waals surface area contributed by atoms with Gasteiger partial charge in [-0.05, 0) is 66.7 Å². The number of aliphatic hydroxyl groups is 1. The van der Waals surface area contributed by atoms with Crippen LogP contribution in [0.3, 0.4) is 0 Å². The highest BCUT2D eigenvalue weighted by Gasteiger charge is 2.67. The SMILES string of the molecule is COc1ccc2c(c1)[C@@]1(O[C@H](CC(=O)N(CCO)Cc3ccccc3)[C@@H]([Si](C)(C)F)[C@@H]1C)C(=O)N2Cc1ccc(N(C=O)c2ccccc2)cc1. The first-order chi connectivity index (χ1) is 24.5. The first-order valence-corrected chi connectivity index (χ1v) is 20.2.